The first-order chi connectivity index (χ1) is 11.8. The van der Waals surface area contributed by atoms with Crippen molar-refractivity contribution < 1.29 is 13.7 Å². The molecular formula is C17H21N3O3S. The van der Waals surface area contributed by atoms with E-state index in [-0.39, 0.29) is 11.9 Å². The van der Waals surface area contributed by atoms with Gasteiger partial charge >= 0.3 is 0 Å². The van der Waals surface area contributed by atoms with Gasteiger partial charge in [0.2, 0.25) is 0 Å². The van der Waals surface area contributed by atoms with Gasteiger partial charge in [-0.15, -0.1) is 0 Å². The second kappa shape index (κ2) is 7.03. The van der Waals surface area contributed by atoms with Gasteiger partial charge in [0.1, 0.15) is 5.76 Å². The molecule has 1 aliphatic carbocycles. The summed E-state index contributed by atoms with van der Waals surface area (Å²) < 4.78 is 10.5. The minimum Gasteiger partial charge on any atom is -0.472 e. The maximum Gasteiger partial charge on any atom is 0.273 e. The van der Waals surface area contributed by atoms with E-state index >= 15 is 0 Å². The number of carbonyl (C=O) groups is 1. The Morgan fingerprint density at radius 2 is 2.25 bits per heavy atom. The van der Waals surface area contributed by atoms with Crippen LogP contribution in [0.2, 0.25) is 0 Å². The molecule has 0 unspecified atom stereocenters. The van der Waals surface area contributed by atoms with Gasteiger partial charge in [-0.05, 0) is 18.9 Å². The summed E-state index contributed by atoms with van der Waals surface area (Å²) in [5.74, 6) is 3.36. The Morgan fingerprint density at radius 3 is 2.96 bits per heavy atom. The fraction of sp³-hybridized carbons (Fsp3) is 0.529. The first-order valence-corrected chi connectivity index (χ1v) is 9.55. The summed E-state index contributed by atoms with van der Waals surface area (Å²) in [6.45, 7) is 2.58. The molecule has 1 aliphatic heterocycles. The van der Waals surface area contributed by atoms with Gasteiger partial charge in [0.15, 0.2) is 5.69 Å². The van der Waals surface area contributed by atoms with Gasteiger partial charge in [-0.3, -0.25) is 9.69 Å². The molecule has 2 aromatic rings. The van der Waals surface area contributed by atoms with Crippen molar-refractivity contribution in [2.24, 2.45) is 0 Å². The fourth-order valence-corrected chi connectivity index (χ4v) is 3.98. The highest BCUT2D eigenvalue weighted by Gasteiger charge is 2.29. The lowest BCUT2D eigenvalue weighted by atomic mass is 10.1. The number of amides is 1. The predicted molar refractivity (Wildman–Crippen MR) is 91.2 cm³/mol. The van der Waals surface area contributed by atoms with E-state index in [2.05, 4.69) is 15.4 Å². The van der Waals surface area contributed by atoms with Gasteiger partial charge in [-0.25, -0.2) is 0 Å². The Hall–Kier alpha value is -1.73. The van der Waals surface area contributed by atoms with Crippen LogP contribution in [-0.4, -0.2) is 47.1 Å². The van der Waals surface area contributed by atoms with Crippen LogP contribution in [0.5, 0.6) is 0 Å². The normalized spacial score (nSPS) is 20.0. The molecule has 0 radical (unpaired) electrons. The number of thioether (sulfide) groups is 1. The quantitative estimate of drug-likeness (QED) is 0.866. The molecule has 2 fully saturated rings. The first-order valence-electron chi connectivity index (χ1n) is 8.40. The molecule has 2 aromatic heterocycles. The third kappa shape index (κ3) is 3.52. The highest BCUT2D eigenvalue weighted by atomic mass is 32.2. The summed E-state index contributed by atoms with van der Waals surface area (Å²) in [6.07, 6.45) is 5.71. The van der Waals surface area contributed by atoms with Crippen molar-refractivity contribution in [3.05, 3.63) is 41.7 Å². The Balaban J connectivity index is 1.41. The molecule has 1 amide bonds. The van der Waals surface area contributed by atoms with Crippen molar-refractivity contribution in [1.82, 2.24) is 15.4 Å². The standard InChI is InChI=1S/C17H21N3O3S/c21-17(14-9-16(23-19-14)12-1-2-12)18-10-15(13-3-6-22-11-13)20-4-7-24-8-5-20/h3,6,9,11-12,15H,1-2,4-5,7-8,10H2,(H,18,21)/t15-/m1/s1. The summed E-state index contributed by atoms with van der Waals surface area (Å²) >= 11 is 1.97. The van der Waals surface area contributed by atoms with Gasteiger partial charge in [-0.1, -0.05) is 5.16 Å². The summed E-state index contributed by atoms with van der Waals surface area (Å²) in [6, 6.07) is 3.88. The van der Waals surface area contributed by atoms with E-state index in [4.69, 9.17) is 8.94 Å². The average molecular weight is 347 g/mol. The Morgan fingerprint density at radius 1 is 1.42 bits per heavy atom. The number of furan rings is 1. The van der Waals surface area contributed by atoms with E-state index in [1.54, 1.807) is 18.6 Å². The largest absolute Gasteiger partial charge is 0.472 e. The van der Waals surface area contributed by atoms with Crippen molar-refractivity contribution in [1.29, 1.82) is 0 Å². The highest BCUT2D eigenvalue weighted by molar-refractivity contribution is 7.99. The molecule has 3 heterocycles. The zero-order chi connectivity index (χ0) is 16.4. The molecule has 7 heteroatoms. The van der Waals surface area contributed by atoms with Gasteiger partial charge < -0.3 is 14.3 Å². The number of carbonyl (C=O) groups excluding carboxylic acids is 1. The van der Waals surface area contributed by atoms with Crippen LogP contribution in [0.4, 0.5) is 0 Å². The Labute approximate surface area is 144 Å². The van der Waals surface area contributed by atoms with Crippen LogP contribution in [0.1, 0.15) is 46.6 Å². The molecule has 0 spiro atoms. The van der Waals surface area contributed by atoms with Crippen molar-refractivity contribution in [3.63, 3.8) is 0 Å². The van der Waals surface area contributed by atoms with Crippen molar-refractivity contribution in [2.75, 3.05) is 31.1 Å². The molecule has 1 atom stereocenters. The zero-order valence-electron chi connectivity index (χ0n) is 13.4. The lowest BCUT2D eigenvalue weighted by molar-refractivity contribution is 0.0925. The minimum absolute atomic E-state index is 0.128. The number of nitrogens with one attached hydrogen (secondary N) is 1. The molecule has 0 bridgehead atoms. The maximum absolute atomic E-state index is 12.4. The van der Waals surface area contributed by atoms with Crippen LogP contribution in [0, 0.1) is 0 Å². The van der Waals surface area contributed by atoms with Crippen molar-refractivity contribution in [2.45, 2.75) is 24.8 Å². The summed E-state index contributed by atoms with van der Waals surface area (Å²) in [7, 11) is 0. The van der Waals surface area contributed by atoms with Gasteiger partial charge in [-0.2, -0.15) is 11.8 Å². The first kappa shape index (κ1) is 15.8. The van der Waals surface area contributed by atoms with E-state index in [0.29, 0.717) is 18.2 Å². The van der Waals surface area contributed by atoms with Crippen molar-refractivity contribution >= 4 is 17.7 Å². The number of hydrogen-bond acceptors (Lipinski definition) is 6. The average Bonchev–Trinajstić information content (AvgIpc) is 3.12. The van der Waals surface area contributed by atoms with E-state index in [1.165, 1.54) is 0 Å². The number of aromatic nitrogens is 1. The highest BCUT2D eigenvalue weighted by Crippen LogP contribution is 2.40. The zero-order valence-corrected chi connectivity index (χ0v) is 14.3. The number of rotatable bonds is 6. The molecule has 24 heavy (non-hydrogen) atoms. The van der Waals surface area contributed by atoms with Gasteiger partial charge in [0.25, 0.3) is 5.91 Å². The fourth-order valence-electron chi connectivity index (χ4n) is 3.05. The van der Waals surface area contributed by atoms with E-state index in [0.717, 1.165) is 48.8 Å². The molecule has 4 rings (SSSR count). The SMILES string of the molecule is O=C(NC[C@H](c1ccoc1)N1CCSCC1)c1cc(C2CC2)on1. The number of nitrogens with zero attached hydrogens (tertiary/aromatic N) is 2. The predicted octanol–water partition coefficient (Wildman–Crippen LogP) is 2.66. The van der Waals surface area contributed by atoms with E-state index in [9.17, 15) is 4.79 Å². The number of hydrogen-bond donors (Lipinski definition) is 1. The lowest BCUT2D eigenvalue weighted by Crippen LogP contribution is -2.42. The summed E-state index contributed by atoms with van der Waals surface area (Å²) in [5, 5.41) is 6.91. The molecule has 128 valence electrons. The smallest absolute Gasteiger partial charge is 0.273 e. The molecule has 6 nitrogen and oxygen atoms in total. The third-order valence-electron chi connectivity index (χ3n) is 4.61. The van der Waals surface area contributed by atoms with Gasteiger partial charge in [0.05, 0.1) is 18.6 Å². The second-order valence-electron chi connectivity index (χ2n) is 6.32. The minimum atomic E-state index is -0.175. The van der Waals surface area contributed by atoms with Crippen LogP contribution in [0.25, 0.3) is 0 Å². The molecule has 2 aliphatic rings. The van der Waals surface area contributed by atoms with Crippen LogP contribution in [-0.2, 0) is 0 Å². The Bertz CT molecular complexity index is 675. The lowest BCUT2D eigenvalue weighted by Gasteiger charge is -2.33. The van der Waals surface area contributed by atoms with Crippen molar-refractivity contribution in [3.8, 4) is 0 Å². The van der Waals surface area contributed by atoms with Crippen LogP contribution in [0.3, 0.4) is 0 Å². The molecule has 1 saturated carbocycles. The molecular weight excluding hydrogens is 326 g/mol. The Kier molecular flexibility index (Phi) is 4.62. The maximum atomic E-state index is 12.4. The van der Waals surface area contributed by atoms with Crippen LogP contribution in [0.15, 0.2) is 33.6 Å². The summed E-state index contributed by atoms with van der Waals surface area (Å²) in [5.41, 5.74) is 1.47. The van der Waals surface area contributed by atoms with E-state index in [1.807, 2.05) is 17.8 Å². The molecule has 1 N–H and O–H groups in total. The molecule has 0 aromatic carbocycles. The molecule has 1 saturated heterocycles. The summed E-state index contributed by atoms with van der Waals surface area (Å²) in [4.78, 5) is 14.8. The monoisotopic (exact) mass is 347 g/mol. The van der Waals surface area contributed by atoms with Crippen LogP contribution >= 0.6 is 11.8 Å². The second-order valence-corrected chi connectivity index (χ2v) is 7.54. The topological polar surface area (TPSA) is 71.5 Å². The van der Waals surface area contributed by atoms with Crippen LogP contribution < -0.4 is 5.32 Å². The third-order valence-corrected chi connectivity index (χ3v) is 5.55. The van der Waals surface area contributed by atoms with E-state index < -0.39 is 0 Å². The van der Waals surface area contributed by atoms with Gasteiger partial charge in [0, 0.05) is 48.7 Å².